The Bertz CT molecular complexity index is 1030. The van der Waals surface area contributed by atoms with E-state index in [2.05, 4.69) is 32.5 Å². The second-order valence-electron chi connectivity index (χ2n) is 6.43. The molecule has 1 amide bonds. The van der Waals surface area contributed by atoms with E-state index in [0.29, 0.717) is 10.7 Å². The maximum absolute atomic E-state index is 12.6. The molecule has 1 aromatic carbocycles. The lowest BCUT2D eigenvalue weighted by Gasteiger charge is -2.09. The van der Waals surface area contributed by atoms with Crippen LogP contribution in [0.25, 0.3) is 22.5 Å². The van der Waals surface area contributed by atoms with Crippen LogP contribution in [0.5, 0.6) is 0 Å². The van der Waals surface area contributed by atoms with Gasteiger partial charge in [-0.2, -0.15) is 0 Å². The standard InChI is InChI=1S/C20H20ClN5O/c1-3-11-4-5-12(21)8-14(11)15-9-16(26-18(15)20(27)22-2)17-13-6-7-23-19(13)25-10-24-17/h4-5,8-10,26H,3,6-7H2,1-2H3,(H,22,27)(H,23,24,25). The molecule has 6 nitrogen and oxygen atoms in total. The number of anilines is 1. The average Bonchev–Trinajstić information content (AvgIpc) is 3.34. The summed E-state index contributed by atoms with van der Waals surface area (Å²) in [6.45, 7) is 2.92. The van der Waals surface area contributed by atoms with Crippen molar-refractivity contribution in [3.63, 3.8) is 0 Å². The van der Waals surface area contributed by atoms with E-state index in [-0.39, 0.29) is 5.91 Å². The van der Waals surface area contributed by atoms with E-state index in [1.165, 1.54) is 0 Å². The zero-order chi connectivity index (χ0) is 19.0. The van der Waals surface area contributed by atoms with Gasteiger partial charge in [-0.15, -0.1) is 0 Å². The highest BCUT2D eigenvalue weighted by atomic mass is 35.5. The molecule has 0 spiro atoms. The van der Waals surface area contributed by atoms with Crippen molar-refractivity contribution in [2.45, 2.75) is 19.8 Å². The normalized spacial score (nSPS) is 12.6. The number of aromatic nitrogens is 3. The summed E-state index contributed by atoms with van der Waals surface area (Å²) in [5.74, 6) is 0.678. The van der Waals surface area contributed by atoms with Gasteiger partial charge >= 0.3 is 0 Å². The summed E-state index contributed by atoms with van der Waals surface area (Å²) in [6.07, 6.45) is 3.24. The molecule has 0 radical (unpaired) electrons. The largest absolute Gasteiger partial charge is 0.369 e. The Morgan fingerprint density at radius 2 is 2.11 bits per heavy atom. The Hall–Kier alpha value is -2.86. The summed E-state index contributed by atoms with van der Waals surface area (Å²) < 4.78 is 0. The first-order valence-electron chi connectivity index (χ1n) is 8.94. The van der Waals surface area contributed by atoms with Crippen LogP contribution < -0.4 is 10.6 Å². The van der Waals surface area contributed by atoms with Crippen molar-refractivity contribution in [3.05, 3.63) is 52.4 Å². The van der Waals surface area contributed by atoms with Crippen molar-refractivity contribution in [2.75, 3.05) is 18.9 Å². The van der Waals surface area contributed by atoms with Crippen LogP contribution in [0.15, 0.2) is 30.6 Å². The van der Waals surface area contributed by atoms with Crippen LogP contribution in [0, 0.1) is 0 Å². The molecular weight excluding hydrogens is 362 g/mol. The number of rotatable bonds is 4. The summed E-state index contributed by atoms with van der Waals surface area (Å²) in [5.41, 5.74) is 6.09. The molecule has 0 saturated carbocycles. The third-order valence-corrected chi connectivity index (χ3v) is 5.12. The zero-order valence-electron chi connectivity index (χ0n) is 15.2. The molecule has 0 atom stereocenters. The molecule has 1 aliphatic rings. The van der Waals surface area contributed by atoms with Gasteiger partial charge in [0.1, 0.15) is 17.8 Å². The Morgan fingerprint density at radius 3 is 2.89 bits per heavy atom. The molecular formula is C20H20ClN5O. The minimum absolute atomic E-state index is 0.179. The SMILES string of the molecule is CCc1ccc(Cl)cc1-c1cc(-c2ncnc3c2CCN3)[nH]c1C(=O)NC. The number of hydrogen-bond donors (Lipinski definition) is 3. The van der Waals surface area contributed by atoms with Gasteiger partial charge in [0.05, 0.1) is 11.4 Å². The fourth-order valence-corrected chi connectivity index (χ4v) is 3.72. The topological polar surface area (TPSA) is 82.7 Å². The van der Waals surface area contributed by atoms with Crippen LogP contribution in [0.3, 0.4) is 0 Å². The van der Waals surface area contributed by atoms with Gasteiger partial charge in [0.2, 0.25) is 0 Å². The van der Waals surface area contributed by atoms with Gasteiger partial charge in [-0.05, 0) is 42.2 Å². The van der Waals surface area contributed by atoms with Gasteiger partial charge < -0.3 is 15.6 Å². The maximum Gasteiger partial charge on any atom is 0.268 e. The maximum atomic E-state index is 12.6. The van der Waals surface area contributed by atoms with E-state index in [9.17, 15) is 4.79 Å². The number of nitrogens with one attached hydrogen (secondary N) is 3. The summed E-state index contributed by atoms with van der Waals surface area (Å²) in [7, 11) is 1.62. The van der Waals surface area contributed by atoms with Crippen molar-refractivity contribution in [1.29, 1.82) is 0 Å². The number of amides is 1. The number of carbonyl (C=O) groups is 1. The first-order valence-corrected chi connectivity index (χ1v) is 9.32. The lowest BCUT2D eigenvalue weighted by atomic mass is 9.97. The minimum atomic E-state index is -0.179. The van der Waals surface area contributed by atoms with Crippen LogP contribution in [-0.4, -0.2) is 34.5 Å². The third-order valence-electron chi connectivity index (χ3n) is 4.88. The molecule has 1 aliphatic heterocycles. The Morgan fingerprint density at radius 1 is 1.26 bits per heavy atom. The van der Waals surface area contributed by atoms with E-state index < -0.39 is 0 Å². The average molecular weight is 382 g/mol. The molecule has 0 unspecified atom stereocenters. The first kappa shape index (κ1) is 17.5. The number of halogens is 1. The van der Waals surface area contributed by atoms with Gasteiger partial charge in [0.25, 0.3) is 5.91 Å². The predicted octanol–water partition coefficient (Wildman–Crippen LogP) is 3.68. The molecule has 138 valence electrons. The van der Waals surface area contributed by atoms with E-state index >= 15 is 0 Å². The second-order valence-corrected chi connectivity index (χ2v) is 6.87. The third kappa shape index (κ3) is 3.06. The molecule has 3 aromatic rings. The molecule has 0 bridgehead atoms. The van der Waals surface area contributed by atoms with Crippen LogP contribution in [0.4, 0.5) is 5.82 Å². The van der Waals surface area contributed by atoms with Crippen LogP contribution in [-0.2, 0) is 12.8 Å². The molecule has 0 saturated heterocycles. The lowest BCUT2D eigenvalue weighted by molar-refractivity contribution is 0.0959. The number of nitrogens with zero attached hydrogens (tertiary/aromatic N) is 2. The highest BCUT2D eigenvalue weighted by molar-refractivity contribution is 6.31. The lowest BCUT2D eigenvalue weighted by Crippen LogP contribution is -2.19. The predicted molar refractivity (Wildman–Crippen MR) is 107 cm³/mol. The van der Waals surface area contributed by atoms with Crippen LogP contribution in [0.2, 0.25) is 5.02 Å². The van der Waals surface area contributed by atoms with Crippen molar-refractivity contribution >= 4 is 23.3 Å². The molecule has 27 heavy (non-hydrogen) atoms. The Labute approximate surface area is 162 Å². The number of benzene rings is 1. The monoisotopic (exact) mass is 381 g/mol. The number of aryl methyl sites for hydroxylation is 1. The van der Waals surface area contributed by atoms with Gasteiger partial charge in [0.15, 0.2) is 0 Å². The van der Waals surface area contributed by atoms with Gasteiger partial charge in [0, 0.05) is 29.7 Å². The molecule has 0 fully saturated rings. The quantitative estimate of drug-likeness (QED) is 0.643. The van der Waals surface area contributed by atoms with Gasteiger partial charge in [-0.3, -0.25) is 4.79 Å². The van der Waals surface area contributed by atoms with E-state index in [0.717, 1.165) is 58.8 Å². The second kappa shape index (κ2) is 7.04. The van der Waals surface area contributed by atoms with Gasteiger partial charge in [-0.25, -0.2) is 9.97 Å². The molecule has 3 N–H and O–H groups in total. The summed E-state index contributed by atoms with van der Waals surface area (Å²) in [5, 5.41) is 6.61. The smallest absolute Gasteiger partial charge is 0.268 e. The fourth-order valence-electron chi connectivity index (χ4n) is 3.55. The molecule has 0 aliphatic carbocycles. The van der Waals surface area contributed by atoms with Crippen molar-refractivity contribution in [2.24, 2.45) is 0 Å². The Kier molecular flexibility index (Phi) is 4.58. The summed E-state index contributed by atoms with van der Waals surface area (Å²) in [4.78, 5) is 24.6. The summed E-state index contributed by atoms with van der Waals surface area (Å²) in [6, 6.07) is 7.77. The zero-order valence-corrected chi connectivity index (χ0v) is 15.9. The number of aromatic amines is 1. The minimum Gasteiger partial charge on any atom is -0.369 e. The molecule has 4 rings (SSSR count). The first-order chi connectivity index (χ1) is 13.1. The van der Waals surface area contributed by atoms with E-state index in [1.807, 2.05) is 24.3 Å². The summed E-state index contributed by atoms with van der Waals surface area (Å²) >= 11 is 6.25. The number of hydrogen-bond acceptors (Lipinski definition) is 4. The number of carbonyl (C=O) groups excluding carboxylic acids is 1. The fraction of sp³-hybridized carbons (Fsp3) is 0.250. The van der Waals surface area contributed by atoms with Crippen molar-refractivity contribution in [3.8, 4) is 22.5 Å². The van der Waals surface area contributed by atoms with Crippen molar-refractivity contribution < 1.29 is 4.79 Å². The molecule has 3 heterocycles. The number of fused-ring (bicyclic) bond motifs is 1. The van der Waals surface area contributed by atoms with Gasteiger partial charge in [-0.1, -0.05) is 24.6 Å². The van der Waals surface area contributed by atoms with E-state index in [4.69, 9.17) is 11.6 Å². The van der Waals surface area contributed by atoms with E-state index in [1.54, 1.807) is 13.4 Å². The highest BCUT2D eigenvalue weighted by Gasteiger charge is 2.23. The Balaban J connectivity index is 1.92. The van der Waals surface area contributed by atoms with Crippen LogP contribution >= 0.6 is 11.6 Å². The highest BCUT2D eigenvalue weighted by Crippen LogP contribution is 2.36. The molecule has 2 aromatic heterocycles. The van der Waals surface area contributed by atoms with Crippen LogP contribution in [0.1, 0.15) is 28.5 Å². The molecule has 7 heteroatoms. The number of H-pyrrole nitrogens is 1. The van der Waals surface area contributed by atoms with Crippen molar-refractivity contribution in [1.82, 2.24) is 20.3 Å².